The minimum absolute atomic E-state index is 0. The fourth-order valence-corrected chi connectivity index (χ4v) is 0.474. The van der Waals surface area contributed by atoms with Gasteiger partial charge in [-0.05, 0) is 0 Å². The van der Waals surface area contributed by atoms with Gasteiger partial charge in [-0.25, -0.2) is 0 Å². The molecule has 0 aromatic rings. The third-order valence-electron chi connectivity index (χ3n) is 0.192. The minimum Gasteiger partial charge on any atom is -1.00 e. The molecular formula is C3H7NaS2. The molecule has 32 valence electrons. The Balaban J connectivity index is -0.0000000800. The van der Waals surface area contributed by atoms with Gasteiger partial charge in [0.1, 0.15) is 0 Å². The third kappa shape index (κ3) is 9.06. The van der Waals surface area contributed by atoms with Crippen molar-refractivity contribution in [3.63, 3.8) is 0 Å². The molecular weight excluding hydrogens is 123 g/mol. The Morgan fingerprint density at radius 2 is 2.50 bits per heavy atom. The van der Waals surface area contributed by atoms with Crippen LogP contribution in [0.25, 0.3) is 0 Å². The number of hydrogen-bond donors (Lipinski definition) is 1. The van der Waals surface area contributed by atoms with Gasteiger partial charge in [0.25, 0.3) is 0 Å². The van der Waals surface area contributed by atoms with Gasteiger partial charge in [0, 0.05) is 5.75 Å². The van der Waals surface area contributed by atoms with Gasteiger partial charge in [-0.15, -0.1) is 18.2 Å². The Kier molecular flexibility index (Phi) is 16.8. The maximum absolute atomic E-state index is 3.85. The molecule has 0 aliphatic heterocycles. The molecule has 3 heteroatoms. The first-order valence-corrected chi connectivity index (χ1v) is 3.33. The summed E-state index contributed by atoms with van der Waals surface area (Å²) in [6, 6.07) is 0. The zero-order chi connectivity index (χ0) is 4.12. The summed E-state index contributed by atoms with van der Waals surface area (Å²) in [7, 11) is 1.48. The number of thiol groups is 1. The molecule has 0 aromatic heterocycles. The predicted octanol–water partition coefficient (Wildman–Crippen LogP) is -1.13. The summed E-state index contributed by atoms with van der Waals surface area (Å²) in [5.74, 6) is 0.934. The Morgan fingerprint density at radius 3 is 2.50 bits per heavy atom. The first-order valence-electron chi connectivity index (χ1n) is 1.29. The van der Waals surface area contributed by atoms with E-state index in [9.17, 15) is 0 Å². The van der Waals surface area contributed by atoms with Crippen molar-refractivity contribution in [1.82, 2.24) is 0 Å². The molecule has 0 bridgehead atoms. The van der Waals surface area contributed by atoms with Crippen LogP contribution in [-0.2, 0) is 0 Å². The van der Waals surface area contributed by atoms with Crippen LogP contribution in [0.2, 0.25) is 0 Å². The molecule has 0 unspecified atom stereocenters. The summed E-state index contributed by atoms with van der Waals surface area (Å²) in [6.07, 6.45) is 1.82. The summed E-state index contributed by atoms with van der Waals surface area (Å²) < 4.78 is 0. The summed E-state index contributed by atoms with van der Waals surface area (Å²) in [5.41, 5.74) is 0. The van der Waals surface area contributed by atoms with Gasteiger partial charge in [-0.1, -0.05) is 16.9 Å². The zero-order valence-corrected chi connectivity index (χ0v) is 7.56. The molecule has 0 fully saturated rings. The average molecular weight is 130 g/mol. The zero-order valence-electron chi connectivity index (χ0n) is 4.85. The smallest absolute Gasteiger partial charge is 1.00 e. The Labute approximate surface area is 71.4 Å². The Morgan fingerprint density at radius 1 is 2.00 bits per heavy atom. The number of hydrogen-bond acceptors (Lipinski definition) is 2. The normalized spacial score (nSPS) is 6.17. The van der Waals surface area contributed by atoms with Gasteiger partial charge in [-0.2, -0.15) is 0 Å². The molecule has 6 heavy (non-hydrogen) atoms. The SMILES string of the molecule is C=CCSS.[H-].[Na+]. The maximum Gasteiger partial charge on any atom is 1.00 e. The van der Waals surface area contributed by atoms with E-state index in [0.29, 0.717) is 0 Å². The van der Waals surface area contributed by atoms with Crippen LogP contribution in [0.15, 0.2) is 12.7 Å². The van der Waals surface area contributed by atoms with E-state index in [4.69, 9.17) is 0 Å². The summed E-state index contributed by atoms with van der Waals surface area (Å²) in [4.78, 5) is 0. The maximum atomic E-state index is 3.85. The van der Waals surface area contributed by atoms with Crippen molar-refractivity contribution < 1.29 is 31.0 Å². The molecule has 0 N–H and O–H groups in total. The summed E-state index contributed by atoms with van der Waals surface area (Å²) in [6.45, 7) is 3.48. The van der Waals surface area contributed by atoms with Gasteiger partial charge in [0.2, 0.25) is 0 Å². The van der Waals surface area contributed by atoms with E-state index in [1.165, 1.54) is 10.8 Å². The van der Waals surface area contributed by atoms with Crippen LogP contribution in [-0.4, -0.2) is 5.75 Å². The quantitative estimate of drug-likeness (QED) is 0.213. The predicted molar refractivity (Wildman–Crippen MR) is 32.8 cm³/mol. The molecule has 0 radical (unpaired) electrons. The van der Waals surface area contributed by atoms with Crippen LogP contribution in [0, 0.1) is 0 Å². The van der Waals surface area contributed by atoms with E-state index in [-0.39, 0.29) is 31.0 Å². The van der Waals surface area contributed by atoms with Gasteiger partial charge >= 0.3 is 29.6 Å². The van der Waals surface area contributed by atoms with Crippen molar-refractivity contribution in [2.24, 2.45) is 0 Å². The molecule has 0 saturated carbocycles. The molecule has 0 spiro atoms. The van der Waals surface area contributed by atoms with E-state index in [1.54, 1.807) is 0 Å². The van der Waals surface area contributed by atoms with Crippen molar-refractivity contribution >= 4 is 22.5 Å². The average Bonchev–Trinajstić information content (AvgIpc) is 1.41. The molecule has 0 heterocycles. The van der Waals surface area contributed by atoms with Crippen LogP contribution in [0.3, 0.4) is 0 Å². The van der Waals surface area contributed by atoms with Crippen LogP contribution >= 0.6 is 22.5 Å². The molecule has 0 nitrogen and oxygen atoms in total. The van der Waals surface area contributed by atoms with Gasteiger partial charge in [-0.3, -0.25) is 0 Å². The van der Waals surface area contributed by atoms with Crippen molar-refractivity contribution in [3.05, 3.63) is 12.7 Å². The van der Waals surface area contributed by atoms with Crippen LogP contribution < -0.4 is 29.6 Å². The van der Waals surface area contributed by atoms with E-state index in [2.05, 4.69) is 18.2 Å². The topological polar surface area (TPSA) is 0 Å². The molecule has 0 atom stereocenters. The molecule has 0 aliphatic rings. The summed E-state index contributed by atoms with van der Waals surface area (Å²) in [5, 5.41) is 0. The van der Waals surface area contributed by atoms with Crippen molar-refractivity contribution in [2.45, 2.75) is 0 Å². The monoisotopic (exact) mass is 130 g/mol. The van der Waals surface area contributed by atoms with Crippen LogP contribution in [0.1, 0.15) is 1.43 Å². The van der Waals surface area contributed by atoms with Crippen LogP contribution in [0.4, 0.5) is 0 Å². The minimum atomic E-state index is 0. The second-order valence-corrected chi connectivity index (χ2v) is 1.95. The van der Waals surface area contributed by atoms with Crippen LogP contribution in [0.5, 0.6) is 0 Å². The van der Waals surface area contributed by atoms with Gasteiger partial charge in [0.15, 0.2) is 0 Å². The van der Waals surface area contributed by atoms with Gasteiger partial charge < -0.3 is 1.43 Å². The molecule has 0 aliphatic carbocycles. The second kappa shape index (κ2) is 9.67. The first kappa shape index (κ1) is 10.4. The molecule has 0 saturated heterocycles. The number of rotatable bonds is 2. The standard InChI is InChI=1S/C3H6S2.Na.H/c1-2-3-5-4;;/h2,4H,1,3H2;;/q;+1;-1. The van der Waals surface area contributed by atoms with E-state index in [1.807, 2.05) is 6.08 Å². The fourth-order valence-electron chi connectivity index (χ4n) is 0.0527. The Hall–Kier alpha value is 1.44. The van der Waals surface area contributed by atoms with E-state index in [0.717, 1.165) is 5.75 Å². The van der Waals surface area contributed by atoms with Crippen molar-refractivity contribution in [1.29, 1.82) is 0 Å². The second-order valence-electron chi connectivity index (χ2n) is 0.584. The van der Waals surface area contributed by atoms with Gasteiger partial charge in [0.05, 0.1) is 0 Å². The third-order valence-corrected chi connectivity index (χ3v) is 1.02. The summed E-state index contributed by atoms with van der Waals surface area (Å²) >= 11 is 3.85. The van der Waals surface area contributed by atoms with E-state index < -0.39 is 0 Å². The Bertz CT molecular complexity index is 34.1. The largest absolute Gasteiger partial charge is 1.00 e. The first-order chi connectivity index (χ1) is 2.41. The van der Waals surface area contributed by atoms with E-state index >= 15 is 0 Å². The molecule has 0 rings (SSSR count). The van der Waals surface area contributed by atoms with Crippen molar-refractivity contribution in [2.75, 3.05) is 5.75 Å². The molecule has 0 aromatic carbocycles. The fraction of sp³-hybridized carbons (Fsp3) is 0.333. The van der Waals surface area contributed by atoms with Crippen molar-refractivity contribution in [3.8, 4) is 0 Å². The molecule has 0 amide bonds.